The first kappa shape index (κ1) is 11.2. The van der Waals surface area contributed by atoms with E-state index in [1.807, 2.05) is 0 Å². The maximum Gasteiger partial charge on any atom is 0.304 e. The molecule has 0 radical (unpaired) electrons. The summed E-state index contributed by atoms with van der Waals surface area (Å²) in [5, 5.41) is 8.41. The predicted molar refractivity (Wildman–Crippen MR) is 47.4 cm³/mol. The van der Waals surface area contributed by atoms with E-state index < -0.39 is 24.7 Å². The summed E-state index contributed by atoms with van der Waals surface area (Å²) in [5.41, 5.74) is 0. The van der Waals surface area contributed by atoms with Crippen LogP contribution in [0.25, 0.3) is 0 Å². The molecule has 1 aromatic heterocycles. The Balaban J connectivity index is 2.82. The minimum atomic E-state index is -2.75. The Kier molecular flexibility index (Phi) is 3.62. The number of alkyl halides is 2. The molecular weight excluding hydrogens is 262 g/mol. The van der Waals surface area contributed by atoms with E-state index in [1.54, 1.807) is 0 Å². The lowest BCUT2D eigenvalue weighted by molar-refractivity contribution is -0.138. The van der Waals surface area contributed by atoms with Crippen LogP contribution in [0.1, 0.15) is 18.1 Å². The van der Waals surface area contributed by atoms with Gasteiger partial charge in [0.05, 0.1) is 16.8 Å². The van der Waals surface area contributed by atoms with Crippen molar-refractivity contribution in [2.45, 2.75) is 18.8 Å². The highest BCUT2D eigenvalue weighted by molar-refractivity contribution is 9.10. The molecule has 78 valence electrons. The minimum Gasteiger partial charge on any atom is -0.481 e. The SMILES string of the molecule is O=C(O)CC(c1cc(Br)co1)C(F)F. The van der Waals surface area contributed by atoms with Gasteiger partial charge >= 0.3 is 5.97 Å². The van der Waals surface area contributed by atoms with Crippen LogP contribution < -0.4 is 0 Å². The Labute approximate surface area is 86.8 Å². The van der Waals surface area contributed by atoms with E-state index in [9.17, 15) is 13.6 Å². The first-order valence-corrected chi connectivity index (χ1v) is 4.54. The van der Waals surface area contributed by atoms with Crippen molar-refractivity contribution in [3.63, 3.8) is 0 Å². The number of hydrogen-bond acceptors (Lipinski definition) is 2. The zero-order valence-corrected chi connectivity index (χ0v) is 8.50. The number of aliphatic carboxylic acids is 1. The van der Waals surface area contributed by atoms with Crippen molar-refractivity contribution >= 4 is 21.9 Å². The molecule has 0 aliphatic carbocycles. The number of carboxylic acid groups (broad SMARTS) is 1. The van der Waals surface area contributed by atoms with E-state index in [-0.39, 0.29) is 5.76 Å². The van der Waals surface area contributed by atoms with Crippen molar-refractivity contribution in [1.29, 1.82) is 0 Å². The fraction of sp³-hybridized carbons (Fsp3) is 0.375. The maximum atomic E-state index is 12.4. The lowest BCUT2D eigenvalue weighted by Crippen LogP contribution is -2.13. The normalized spacial score (nSPS) is 13.1. The molecule has 1 rings (SSSR count). The number of halogens is 3. The molecule has 1 unspecified atom stereocenters. The lowest BCUT2D eigenvalue weighted by Gasteiger charge is -2.09. The quantitative estimate of drug-likeness (QED) is 0.914. The van der Waals surface area contributed by atoms with Crippen LogP contribution >= 0.6 is 15.9 Å². The summed E-state index contributed by atoms with van der Waals surface area (Å²) in [6.07, 6.45) is -2.14. The number of rotatable bonds is 4. The van der Waals surface area contributed by atoms with Gasteiger partial charge in [0.25, 0.3) is 0 Å². The van der Waals surface area contributed by atoms with Crippen molar-refractivity contribution in [2.75, 3.05) is 0 Å². The maximum absolute atomic E-state index is 12.4. The molecule has 0 bridgehead atoms. The molecule has 1 heterocycles. The third kappa shape index (κ3) is 2.80. The molecule has 0 aliphatic heterocycles. The molecule has 0 amide bonds. The summed E-state index contributed by atoms with van der Waals surface area (Å²) in [6, 6.07) is 1.35. The summed E-state index contributed by atoms with van der Waals surface area (Å²) in [4.78, 5) is 10.3. The molecule has 1 N–H and O–H groups in total. The van der Waals surface area contributed by atoms with Crippen molar-refractivity contribution in [2.24, 2.45) is 0 Å². The molecule has 1 atom stereocenters. The largest absolute Gasteiger partial charge is 0.481 e. The number of furan rings is 1. The molecule has 0 spiro atoms. The van der Waals surface area contributed by atoms with Gasteiger partial charge in [0, 0.05) is 0 Å². The highest BCUT2D eigenvalue weighted by Gasteiger charge is 2.28. The molecule has 0 aromatic carbocycles. The van der Waals surface area contributed by atoms with Gasteiger partial charge < -0.3 is 9.52 Å². The second-order valence-corrected chi connectivity index (χ2v) is 3.62. The Bertz CT molecular complexity index is 324. The summed E-state index contributed by atoms with van der Waals surface area (Å²) in [5.74, 6) is -2.68. The zero-order chi connectivity index (χ0) is 10.7. The highest BCUT2D eigenvalue weighted by Crippen LogP contribution is 2.29. The number of hydrogen-bond donors (Lipinski definition) is 1. The molecular formula is C8H7BrF2O3. The van der Waals surface area contributed by atoms with Crippen molar-refractivity contribution < 1.29 is 23.1 Å². The van der Waals surface area contributed by atoms with E-state index >= 15 is 0 Å². The van der Waals surface area contributed by atoms with Gasteiger partial charge in [-0.3, -0.25) is 4.79 Å². The Morgan fingerprint density at radius 1 is 1.64 bits per heavy atom. The highest BCUT2D eigenvalue weighted by atomic mass is 79.9. The minimum absolute atomic E-state index is 0.0192. The van der Waals surface area contributed by atoms with Crippen LogP contribution in [0, 0.1) is 0 Å². The molecule has 14 heavy (non-hydrogen) atoms. The zero-order valence-electron chi connectivity index (χ0n) is 6.91. The first-order valence-electron chi connectivity index (χ1n) is 3.74. The Morgan fingerprint density at radius 3 is 2.64 bits per heavy atom. The van der Waals surface area contributed by atoms with Gasteiger partial charge in [-0.15, -0.1) is 0 Å². The fourth-order valence-electron chi connectivity index (χ4n) is 1.02. The summed E-state index contributed by atoms with van der Waals surface area (Å²) in [7, 11) is 0. The molecule has 1 aromatic rings. The third-order valence-corrected chi connectivity index (χ3v) is 2.07. The van der Waals surface area contributed by atoms with Gasteiger partial charge in [0.2, 0.25) is 6.43 Å². The van der Waals surface area contributed by atoms with Crippen LogP contribution in [0.3, 0.4) is 0 Å². The monoisotopic (exact) mass is 268 g/mol. The standard InChI is InChI=1S/C8H7BrF2O3/c9-4-1-6(14-3-4)5(8(10)11)2-7(12)13/h1,3,5,8H,2H2,(H,12,13). The van der Waals surface area contributed by atoms with Crippen LogP contribution in [0.2, 0.25) is 0 Å². The van der Waals surface area contributed by atoms with Crippen LogP contribution in [-0.2, 0) is 4.79 Å². The molecule has 0 saturated carbocycles. The lowest BCUT2D eigenvalue weighted by atomic mass is 10.0. The number of carboxylic acids is 1. The predicted octanol–water partition coefficient (Wildman–Crippen LogP) is 2.87. The van der Waals surface area contributed by atoms with Gasteiger partial charge in [-0.2, -0.15) is 0 Å². The van der Waals surface area contributed by atoms with E-state index in [1.165, 1.54) is 12.3 Å². The van der Waals surface area contributed by atoms with E-state index in [0.29, 0.717) is 4.47 Å². The molecule has 3 nitrogen and oxygen atoms in total. The summed E-state index contributed by atoms with van der Waals surface area (Å²) in [6.45, 7) is 0. The van der Waals surface area contributed by atoms with Gasteiger partial charge in [-0.05, 0) is 22.0 Å². The van der Waals surface area contributed by atoms with E-state index in [4.69, 9.17) is 9.52 Å². The second kappa shape index (κ2) is 4.54. The van der Waals surface area contributed by atoms with Crippen molar-refractivity contribution in [3.05, 3.63) is 22.6 Å². The van der Waals surface area contributed by atoms with Gasteiger partial charge in [0.1, 0.15) is 12.0 Å². The first-order chi connectivity index (χ1) is 6.50. The van der Waals surface area contributed by atoms with Gasteiger partial charge in [-0.1, -0.05) is 0 Å². The number of carbonyl (C=O) groups is 1. The fourth-order valence-corrected chi connectivity index (χ4v) is 1.34. The van der Waals surface area contributed by atoms with Gasteiger partial charge in [-0.25, -0.2) is 8.78 Å². The smallest absolute Gasteiger partial charge is 0.304 e. The van der Waals surface area contributed by atoms with Crippen LogP contribution in [0.4, 0.5) is 8.78 Å². The second-order valence-electron chi connectivity index (χ2n) is 2.71. The van der Waals surface area contributed by atoms with Crippen LogP contribution in [-0.4, -0.2) is 17.5 Å². The average Bonchev–Trinajstić information content (AvgIpc) is 2.46. The molecule has 0 aliphatic rings. The van der Waals surface area contributed by atoms with Crippen molar-refractivity contribution in [3.8, 4) is 0 Å². The van der Waals surface area contributed by atoms with Gasteiger partial charge in [0.15, 0.2) is 0 Å². The molecule has 0 saturated heterocycles. The van der Waals surface area contributed by atoms with E-state index in [0.717, 1.165) is 0 Å². The van der Waals surface area contributed by atoms with Crippen molar-refractivity contribution in [1.82, 2.24) is 0 Å². The average molecular weight is 269 g/mol. The van der Waals surface area contributed by atoms with Crippen LogP contribution in [0.5, 0.6) is 0 Å². The topological polar surface area (TPSA) is 50.4 Å². The summed E-state index contributed by atoms with van der Waals surface area (Å²) >= 11 is 3.03. The Morgan fingerprint density at radius 2 is 2.29 bits per heavy atom. The Hall–Kier alpha value is -0.910. The molecule has 0 fully saturated rings. The molecule has 6 heteroatoms. The summed E-state index contributed by atoms with van der Waals surface area (Å²) < 4.78 is 30.1. The third-order valence-electron chi connectivity index (χ3n) is 1.65. The van der Waals surface area contributed by atoms with Crippen LogP contribution in [0.15, 0.2) is 21.2 Å². The van der Waals surface area contributed by atoms with E-state index in [2.05, 4.69) is 15.9 Å².